The molecule has 1 saturated heterocycles. The maximum Gasteiger partial charge on any atom is 0.0328 e. The summed E-state index contributed by atoms with van der Waals surface area (Å²) in [6, 6.07) is 2.24. The minimum atomic E-state index is 0.849. The van der Waals surface area contributed by atoms with Crippen molar-refractivity contribution in [1.82, 2.24) is 4.90 Å². The summed E-state index contributed by atoms with van der Waals surface area (Å²) in [5, 5.41) is 2.17. The Bertz CT molecular complexity index is 323. The van der Waals surface area contributed by atoms with E-state index in [9.17, 15) is 0 Å². The Hall–Kier alpha value is 0.140. The summed E-state index contributed by atoms with van der Waals surface area (Å²) in [6.45, 7) is 8.41. The summed E-state index contributed by atoms with van der Waals surface area (Å²) in [4.78, 5) is 4.06. The normalized spacial score (nSPS) is 28.2. The van der Waals surface area contributed by atoms with Crippen LogP contribution >= 0.6 is 27.3 Å². The molecule has 15 heavy (non-hydrogen) atoms. The van der Waals surface area contributed by atoms with Crippen molar-refractivity contribution in [2.45, 2.75) is 26.8 Å². The average Bonchev–Trinajstić information content (AvgIpc) is 2.58. The Morgan fingerprint density at radius 1 is 1.47 bits per heavy atom. The van der Waals surface area contributed by atoms with Gasteiger partial charge in [-0.15, -0.1) is 11.3 Å². The van der Waals surface area contributed by atoms with Gasteiger partial charge in [-0.2, -0.15) is 0 Å². The molecule has 84 valence electrons. The molecule has 1 aliphatic rings. The first kappa shape index (κ1) is 11.6. The minimum absolute atomic E-state index is 0.849. The molecule has 1 aromatic rings. The lowest BCUT2D eigenvalue weighted by molar-refractivity contribution is 0.133. The second-order valence-corrected chi connectivity index (χ2v) is 6.62. The lowest BCUT2D eigenvalue weighted by atomic mass is 9.89. The van der Waals surface area contributed by atoms with Crippen LogP contribution < -0.4 is 0 Å². The van der Waals surface area contributed by atoms with E-state index in [0.717, 1.165) is 18.4 Å². The van der Waals surface area contributed by atoms with Crippen LogP contribution in [0.2, 0.25) is 0 Å². The fourth-order valence-corrected chi connectivity index (χ4v) is 3.64. The van der Waals surface area contributed by atoms with Gasteiger partial charge in [-0.1, -0.05) is 13.8 Å². The van der Waals surface area contributed by atoms with Crippen LogP contribution in [0.25, 0.3) is 0 Å². The topological polar surface area (TPSA) is 3.24 Å². The number of halogens is 1. The van der Waals surface area contributed by atoms with Gasteiger partial charge < -0.3 is 0 Å². The highest BCUT2D eigenvalue weighted by Gasteiger charge is 2.22. The molecule has 1 aromatic heterocycles. The van der Waals surface area contributed by atoms with Crippen molar-refractivity contribution in [1.29, 1.82) is 0 Å². The minimum Gasteiger partial charge on any atom is -0.298 e. The molecule has 1 aliphatic heterocycles. The van der Waals surface area contributed by atoms with E-state index in [4.69, 9.17) is 0 Å². The Morgan fingerprint density at radius 2 is 2.27 bits per heavy atom. The summed E-state index contributed by atoms with van der Waals surface area (Å²) in [5.74, 6) is 1.75. The van der Waals surface area contributed by atoms with Crippen LogP contribution in [0.4, 0.5) is 0 Å². The molecular formula is C12H18BrNS. The van der Waals surface area contributed by atoms with Gasteiger partial charge in [-0.3, -0.25) is 4.90 Å². The molecule has 0 aliphatic carbocycles. The fourth-order valence-electron chi connectivity index (χ4n) is 2.15. The van der Waals surface area contributed by atoms with Crippen LogP contribution in [0.1, 0.15) is 25.1 Å². The SMILES string of the molecule is CC1CCN(Cc2cc(Br)cs2)CC1C. The van der Waals surface area contributed by atoms with Gasteiger partial charge in [-0.05, 0) is 46.8 Å². The van der Waals surface area contributed by atoms with Crippen molar-refractivity contribution >= 4 is 27.3 Å². The van der Waals surface area contributed by atoms with E-state index in [1.165, 1.54) is 28.9 Å². The Morgan fingerprint density at radius 3 is 2.87 bits per heavy atom. The zero-order valence-electron chi connectivity index (χ0n) is 9.37. The molecule has 2 heterocycles. The Labute approximate surface area is 105 Å². The van der Waals surface area contributed by atoms with Crippen molar-refractivity contribution in [2.75, 3.05) is 13.1 Å². The number of rotatable bonds is 2. The van der Waals surface area contributed by atoms with E-state index < -0.39 is 0 Å². The van der Waals surface area contributed by atoms with Crippen LogP contribution in [0.3, 0.4) is 0 Å². The molecule has 0 aromatic carbocycles. The summed E-state index contributed by atoms with van der Waals surface area (Å²) < 4.78 is 1.22. The van der Waals surface area contributed by atoms with Gasteiger partial charge in [-0.25, -0.2) is 0 Å². The van der Waals surface area contributed by atoms with E-state index in [1.807, 2.05) is 11.3 Å². The van der Waals surface area contributed by atoms with Crippen LogP contribution in [0.15, 0.2) is 15.9 Å². The number of likely N-dealkylation sites (tertiary alicyclic amines) is 1. The highest BCUT2D eigenvalue weighted by atomic mass is 79.9. The molecule has 2 rings (SSSR count). The lowest BCUT2D eigenvalue weighted by Crippen LogP contribution is -2.37. The van der Waals surface area contributed by atoms with Gasteiger partial charge in [0.2, 0.25) is 0 Å². The van der Waals surface area contributed by atoms with Gasteiger partial charge in [0.05, 0.1) is 0 Å². The quantitative estimate of drug-likeness (QED) is 0.795. The van der Waals surface area contributed by atoms with Gasteiger partial charge in [0, 0.05) is 27.8 Å². The molecule has 0 bridgehead atoms. The fraction of sp³-hybridized carbons (Fsp3) is 0.667. The largest absolute Gasteiger partial charge is 0.298 e. The maximum atomic E-state index is 3.51. The van der Waals surface area contributed by atoms with E-state index in [-0.39, 0.29) is 0 Å². The highest BCUT2D eigenvalue weighted by molar-refractivity contribution is 9.10. The molecule has 2 atom stereocenters. The highest BCUT2D eigenvalue weighted by Crippen LogP contribution is 2.26. The molecule has 0 saturated carbocycles. The second kappa shape index (κ2) is 4.98. The predicted octanol–water partition coefficient (Wildman–Crippen LogP) is 3.99. The number of hydrogen-bond acceptors (Lipinski definition) is 2. The predicted molar refractivity (Wildman–Crippen MR) is 70.2 cm³/mol. The van der Waals surface area contributed by atoms with Crippen LogP contribution in [0, 0.1) is 11.8 Å². The van der Waals surface area contributed by atoms with Crippen molar-refractivity contribution in [3.05, 3.63) is 20.8 Å². The van der Waals surface area contributed by atoms with Crippen molar-refractivity contribution in [3.8, 4) is 0 Å². The molecular weight excluding hydrogens is 270 g/mol. The zero-order valence-corrected chi connectivity index (χ0v) is 11.8. The van der Waals surface area contributed by atoms with Gasteiger partial charge >= 0.3 is 0 Å². The van der Waals surface area contributed by atoms with Crippen LogP contribution in [-0.4, -0.2) is 18.0 Å². The summed E-state index contributed by atoms with van der Waals surface area (Å²) in [6.07, 6.45) is 1.35. The number of hydrogen-bond donors (Lipinski definition) is 0. The molecule has 0 N–H and O–H groups in total. The van der Waals surface area contributed by atoms with Crippen LogP contribution in [0.5, 0.6) is 0 Å². The molecule has 0 amide bonds. The maximum absolute atomic E-state index is 3.51. The third kappa shape index (κ3) is 3.05. The first-order chi connectivity index (χ1) is 7.15. The standard InChI is InChI=1S/C12H18BrNS/c1-9-3-4-14(6-10(9)2)7-12-5-11(13)8-15-12/h5,8-10H,3-4,6-7H2,1-2H3. The average molecular weight is 288 g/mol. The molecule has 0 radical (unpaired) electrons. The number of thiophene rings is 1. The summed E-state index contributed by atoms with van der Waals surface area (Å²) in [5.41, 5.74) is 0. The van der Waals surface area contributed by atoms with E-state index in [0.29, 0.717) is 0 Å². The van der Waals surface area contributed by atoms with E-state index >= 15 is 0 Å². The van der Waals surface area contributed by atoms with Crippen molar-refractivity contribution < 1.29 is 0 Å². The van der Waals surface area contributed by atoms with Gasteiger partial charge in [0.15, 0.2) is 0 Å². The first-order valence-corrected chi connectivity index (χ1v) is 7.27. The third-order valence-corrected chi connectivity index (χ3v) is 5.10. The Kier molecular flexibility index (Phi) is 3.86. The smallest absolute Gasteiger partial charge is 0.0328 e. The molecule has 0 spiro atoms. The number of piperidine rings is 1. The van der Waals surface area contributed by atoms with E-state index in [1.54, 1.807) is 0 Å². The second-order valence-electron chi connectivity index (χ2n) is 4.71. The van der Waals surface area contributed by atoms with Crippen LogP contribution in [-0.2, 0) is 6.54 Å². The van der Waals surface area contributed by atoms with Crippen molar-refractivity contribution in [3.63, 3.8) is 0 Å². The third-order valence-electron chi connectivity index (χ3n) is 3.42. The lowest BCUT2D eigenvalue weighted by Gasteiger charge is -2.34. The van der Waals surface area contributed by atoms with E-state index in [2.05, 4.69) is 46.1 Å². The van der Waals surface area contributed by atoms with Crippen molar-refractivity contribution in [2.24, 2.45) is 11.8 Å². The molecule has 1 nitrogen and oxygen atoms in total. The first-order valence-electron chi connectivity index (χ1n) is 5.60. The zero-order chi connectivity index (χ0) is 10.8. The molecule has 1 fully saturated rings. The summed E-state index contributed by atoms with van der Waals surface area (Å²) >= 11 is 5.37. The molecule has 2 unspecified atom stereocenters. The Balaban J connectivity index is 1.90. The summed E-state index contributed by atoms with van der Waals surface area (Å²) in [7, 11) is 0. The molecule has 3 heteroatoms. The monoisotopic (exact) mass is 287 g/mol. The van der Waals surface area contributed by atoms with Gasteiger partial charge in [0.25, 0.3) is 0 Å². The van der Waals surface area contributed by atoms with Gasteiger partial charge in [0.1, 0.15) is 0 Å². The number of nitrogens with zero attached hydrogens (tertiary/aromatic N) is 1.